The predicted octanol–water partition coefficient (Wildman–Crippen LogP) is 1.40. The van der Waals surface area contributed by atoms with E-state index in [1.54, 1.807) is 0 Å². The molecule has 0 saturated carbocycles. The Morgan fingerprint density at radius 2 is 2.12 bits per heavy atom. The maximum absolute atomic E-state index is 12.5. The number of nitrogens with two attached hydrogens (primary N) is 1. The summed E-state index contributed by atoms with van der Waals surface area (Å²) in [6.45, 7) is 0. The molecule has 0 unspecified atom stereocenters. The molecule has 0 aliphatic rings. The summed E-state index contributed by atoms with van der Waals surface area (Å²) < 4.78 is 46.7. The SMILES string of the molecule is N#Cc1c(N)cc(S(=O)(=O)Cl)nc1C(F)F. The summed E-state index contributed by atoms with van der Waals surface area (Å²) in [4.78, 5) is 3.10. The van der Waals surface area contributed by atoms with Crippen LogP contribution in [0.2, 0.25) is 0 Å². The molecule has 86 valence electrons. The first-order chi connectivity index (χ1) is 7.27. The van der Waals surface area contributed by atoms with Crippen molar-refractivity contribution in [2.45, 2.75) is 11.5 Å². The van der Waals surface area contributed by atoms with E-state index in [0.29, 0.717) is 0 Å². The van der Waals surface area contributed by atoms with Crippen molar-refractivity contribution >= 4 is 25.4 Å². The monoisotopic (exact) mass is 267 g/mol. The number of rotatable bonds is 2. The molecule has 5 nitrogen and oxygen atoms in total. The molecule has 16 heavy (non-hydrogen) atoms. The van der Waals surface area contributed by atoms with E-state index >= 15 is 0 Å². The molecule has 9 heteroatoms. The summed E-state index contributed by atoms with van der Waals surface area (Å²) >= 11 is 0. The van der Waals surface area contributed by atoms with Gasteiger partial charge in [-0.05, 0) is 0 Å². The molecule has 0 bridgehead atoms. The molecule has 0 saturated heterocycles. The molecular weight excluding hydrogens is 264 g/mol. The molecule has 2 N–H and O–H groups in total. The Hall–Kier alpha value is -1.46. The molecule has 0 radical (unpaired) electrons. The highest BCUT2D eigenvalue weighted by Gasteiger charge is 2.23. The van der Waals surface area contributed by atoms with Crippen molar-refractivity contribution in [3.05, 3.63) is 17.3 Å². The lowest BCUT2D eigenvalue weighted by Crippen LogP contribution is -2.06. The van der Waals surface area contributed by atoms with E-state index in [-0.39, 0.29) is 0 Å². The van der Waals surface area contributed by atoms with Crippen molar-refractivity contribution < 1.29 is 17.2 Å². The van der Waals surface area contributed by atoms with E-state index in [0.717, 1.165) is 6.07 Å². The van der Waals surface area contributed by atoms with Gasteiger partial charge in [-0.3, -0.25) is 0 Å². The maximum atomic E-state index is 12.5. The highest BCUT2D eigenvalue weighted by atomic mass is 35.7. The van der Waals surface area contributed by atoms with Gasteiger partial charge in [-0.1, -0.05) is 0 Å². The van der Waals surface area contributed by atoms with Crippen molar-refractivity contribution in [2.75, 3.05) is 5.73 Å². The van der Waals surface area contributed by atoms with Crippen LogP contribution in [0.25, 0.3) is 0 Å². The van der Waals surface area contributed by atoms with Crippen LogP contribution in [-0.4, -0.2) is 13.4 Å². The van der Waals surface area contributed by atoms with Crippen molar-refractivity contribution in [3.8, 4) is 6.07 Å². The van der Waals surface area contributed by atoms with Gasteiger partial charge in [0.2, 0.25) is 0 Å². The number of aromatic nitrogens is 1. The zero-order chi connectivity index (χ0) is 12.5. The Labute approximate surface area is 93.9 Å². The topological polar surface area (TPSA) is 96.8 Å². The average molecular weight is 268 g/mol. The Kier molecular flexibility index (Phi) is 3.30. The van der Waals surface area contributed by atoms with E-state index in [2.05, 4.69) is 4.98 Å². The molecule has 1 aromatic rings. The first-order valence-electron chi connectivity index (χ1n) is 3.70. The van der Waals surface area contributed by atoms with Crippen LogP contribution < -0.4 is 5.73 Å². The van der Waals surface area contributed by atoms with Gasteiger partial charge in [0.25, 0.3) is 15.5 Å². The number of alkyl halides is 2. The Morgan fingerprint density at radius 3 is 2.50 bits per heavy atom. The molecule has 0 aromatic carbocycles. The largest absolute Gasteiger partial charge is 0.398 e. The van der Waals surface area contributed by atoms with Gasteiger partial charge in [-0.25, -0.2) is 22.2 Å². The van der Waals surface area contributed by atoms with Gasteiger partial charge in [-0.2, -0.15) is 5.26 Å². The van der Waals surface area contributed by atoms with Crippen molar-refractivity contribution in [3.63, 3.8) is 0 Å². The lowest BCUT2D eigenvalue weighted by atomic mass is 10.2. The van der Waals surface area contributed by atoms with Gasteiger partial charge >= 0.3 is 0 Å². The summed E-state index contributed by atoms with van der Waals surface area (Å²) in [5, 5.41) is 7.75. The predicted molar refractivity (Wildman–Crippen MR) is 51.4 cm³/mol. The van der Waals surface area contributed by atoms with Gasteiger partial charge in [0.15, 0.2) is 5.03 Å². The van der Waals surface area contributed by atoms with Gasteiger partial charge in [-0.15, -0.1) is 0 Å². The third-order valence-electron chi connectivity index (χ3n) is 1.62. The number of pyridine rings is 1. The number of nitrogens with zero attached hydrogens (tertiary/aromatic N) is 2. The summed E-state index contributed by atoms with van der Waals surface area (Å²) in [6, 6.07) is 2.18. The fraction of sp³-hybridized carbons (Fsp3) is 0.143. The number of halogens is 3. The number of nitrogen functional groups attached to an aromatic ring is 1. The van der Waals surface area contributed by atoms with Gasteiger partial charge in [0.05, 0.1) is 5.69 Å². The van der Waals surface area contributed by atoms with Crippen LogP contribution in [-0.2, 0) is 9.05 Å². The van der Waals surface area contributed by atoms with Gasteiger partial charge in [0, 0.05) is 16.7 Å². The minimum atomic E-state index is -4.27. The fourth-order valence-electron chi connectivity index (χ4n) is 0.965. The molecule has 0 aliphatic heterocycles. The van der Waals surface area contributed by atoms with Gasteiger partial charge in [0.1, 0.15) is 17.3 Å². The molecule has 0 spiro atoms. The summed E-state index contributed by atoms with van der Waals surface area (Å²) in [5.41, 5.74) is 3.28. The van der Waals surface area contributed by atoms with E-state index < -0.39 is 37.4 Å². The lowest BCUT2D eigenvalue weighted by molar-refractivity contribution is 0.145. The molecule has 0 amide bonds. The van der Waals surface area contributed by atoms with Crippen LogP contribution in [0, 0.1) is 11.3 Å². The molecule has 0 aliphatic carbocycles. The number of hydrogen-bond acceptors (Lipinski definition) is 5. The molecule has 1 heterocycles. The Balaban J connectivity index is 3.61. The van der Waals surface area contributed by atoms with Crippen LogP contribution in [0.1, 0.15) is 17.7 Å². The molecule has 1 aromatic heterocycles. The van der Waals surface area contributed by atoms with Gasteiger partial charge < -0.3 is 5.73 Å². The average Bonchev–Trinajstić information content (AvgIpc) is 2.14. The van der Waals surface area contributed by atoms with E-state index in [1.165, 1.54) is 6.07 Å². The Morgan fingerprint density at radius 1 is 1.56 bits per heavy atom. The first-order valence-corrected chi connectivity index (χ1v) is 6.01. The van der Waals surface area contributed by atoms with E-state index in [4.69, 9.17) is 21.7 Å². The smallest absolute Gasteiger partial charge is 0.281 e. The van der Waals surface area contributed by atoms with Crippen LogP contribution in [0.4, 0.5) is 14.5 Å². The number of anilines is 1. The summed E-state index contributed by atoms with van der Waals surface area (Å²) in [5.74, 6) is 0. The van der Waals surface area contributed by atoms with Crippen LogP contribution in [0.5, 0.6) is 0 Å². The second-order valence-electron chi connectivity index (χ2n) is 2.66. The van der Waals surface area contributed by atoms with Crippen molar-refractivity contribution in [1.82, 2.24) is 4.98 Å². The lowest BCUT2D eigenvalue weighted by Gasteiger charge is -2.06. The number of hydrogen-bond donors (Lipinski definition) is 1. The molecular formula is C7H4ClF2N3O2S. The summed E-state index contributed by atoms with van der Waals surface area (Å²) in [7, 11) is 0.661. The van der Waals surface area contributed by atoms with E-state index in [9.17, 15) is 17.2 Å². The highest BCUT2D eigenvalue weighted by molar-refractivity contribution is 8.13. The third kappa shape index (κ3) is 2.37. The molecule has 1 rings (SSSR count). The van der Waals surface area contributed by atoms with E-state index in [1.807, 2.05) is 0 Å². The fourth-order valence-corrected chi connectivity index (χ4v) is 1.68. The zero-order valence-electron chi connectivity index (χ0n) is 7.49. The van der Waals surface area contributed by atoms with Crippen molar-refractivity contribution in [1.29, 1.82) is 5.26 Å². The second kappa shape index (κ2) is 4.19. The third-order valence-corrected chi connectivity index (χ3v) is 2.81. The maximum Gasteiger partial charge on any atom is 0.281 e. The second-order valence-corrected chi connectivity index (χ2v) is 5.17. The first kappa shape index (κ1) is 12.6. The zero-order valence-corrected chi connectivity index (χ0v) is 9.06. The molecule has 0 atom stereocenters. The summed E-state index contributed by atoms with van der Waals surface area (Å²) in [6.07, 6.45) is -3.12. The highest BCUT2D eigenvalue weighted by Crippen LogP contribution is 2.27. The normalized spacial score (nSPS) is 11.4. The van der Waals surface area contributed by atoms with Crippen LogP contribution in [0.3, 0.4) is 0 Å². The molecule has 0 fully saturated rings. The minimum absolute atomic E-state index is 0.410. The van der Waals surface area contributed by atoms with Crippen molar-refractivity contribution in [2.24, 2.45) is 0 Å². The van der Waals surface area contributed by atoms with Crippen LogP contribution in [0.15, 0.2) is 11.1 Å². The quantitative estimate of drug-likeness (QED) is 0.817. The minimum Gasteiger partial charge on any atom is -0.398 e. The standard InChI is InChI=1S/C7H4ClF2N3O2S/c8-16(14,15)5-1-4(12)3(2-11)6(13-5)7(9)10/h1,7H,(H2,12,13). The Bertz CT molecular complexity index is 568. The number of nitriles is 1. The van der Waals surface area contributed by atoms with Crippen LogP contribution >= 0.6 is 10.7 Å².